The van der Waals surface area contributed by atoms with E-state index in [1.807, 2.05) is 0 Å². The molecule has 106 valence electrons. The molecule has 1 heterocycles. The van der Waals surface area contributed by atoms with Gasteiger partial charge in [-0.1, -0.05) is 0 Å². The van der Waals surface area contributed by atoms with Gasteiger partial charge < -0.3 is 10.5 Å². The quantitative estimate of drug-likeness (QED) is 0.926. The summed E-state index contributed by atoms with van der Waals surface area (Å²) in [6.07, 6.45) is -4.84. The molecule has 0 saturated heterocycles. The van der Waals surface area contributed by atoms with Gasteiger partial charge in [-0.05, 0) is 23.6 Å². The first-order chi connectivity index (χ1) is 9.26. The van der Waals surface area contributed by atoms with Gasteiger partial charge in [0.1, 0.15) is 12.3 Å². The third kappa shape index (κ3) is 3.08. The fraction of sp³-hybridized carbons (Fsp3) is 0.167. The third-order valence-corrected chi connectivity index (χ3v) is 2.51. The van der Waals surface area contributed by atoms with Gasteiger partial charge >= 0.3 is 6.36 Å². The number of ether oxygens (including phenoxy) is 1. The van der Waals surface area contributed by atoms with Gasteiger partial charge in [-0.15, -0.1) is 13.2 Å². The molecule has 2 N–H and O–H groups in total. The van der Waals surface area contributed by atoms with E-state index in [1.165, 1.54) is 18.2 Å². The second kappa shape index (κ2) is 4.87. The van der Waals surface area contributed by atoms with Crippen molar-refractivity contribution < 1.29 is 22.7 Å². The van der Waals surface area contributed by atoms with Crippen LogP contribution < -0.4 is 16.0 Å². The van der Waals surface area contributed by atoms with Crippen molar-refractivity contribution >= 4 is 16.8 Å². The Labute approximate surface area is 110 Å². The number of carbonyl (C=O) groups is 1. The summed E-state index contributed by atoms with van der Waals surface area (Å²) in [5, 5.41) is 0.486. The summed E-state index contributed by atoms with van der Waals surface area (Å²) in [5.41, 5.74) is 4.61. The number of hydrogen-bond donors (Lipinski definition) is 1. The van der Waals surface area contributed by atoms with E-state index in [9.17, 15) is 22.8 Å². The predicted octanol–water partition coefficient (Wildman–Crippen LogP) is 1.39. The smallest absolute Gasteiger partial charge is 0.406 e. The van der Waals surface area contributed by atoms with Crippen molar-refractivity contribution in [3.05, 3.63) is 40.7 Å². The number of halogens is 3. The largest absolute Gasteiger partial charge is 0.573 e. The minimum absolute atomic E-state index is 0.137. The van der Waals surface area contributed by atoms with E-state index in [1.54, 1.807) is 0 Å². The molecule has 0 bridgehead atoms. The monoisotopic (exact) mass is 286 g/mol. The van der Waals surface area contributed by atoms with Crippen molar-refractivity contribution in [3.8, 4) is 5.75 Å². The summed E-state index contributed by atoms with van der Waals surface area (Å²) in [5.74, 6) is -1.25. The molecule has 0 atom stereocenters. The van der Waals surface area contributed by atoms with Crippen LogP contribution in [0.5, 0.6) is 5.75 Å². The number of nitrogens with two attached hydrogens (primary N) is 1. The normalized spacial score (nSPS) is 11.6. The molecule has 2 rings (SSSR count). The van der Waals surface area contributed by atoms with Crippen molar-refractivity contribution in [2.75, 3.05) is 0 Å². The second-order valence-electron chi connectivity index (χ2n) is 3.99. The number of nitrogens with zero attached hydrogens (tertiary/aromatic N) is 1. The Bertz CT molecular complexity index is 722. The molecule has 0 radical (unpaired) electrons. The number of benzene rings is 1. The van der Waals surface area contributed by atoms with E-state index in [-0.39, 0.29) is 5.52 Å². The minimum Gasteiger partial charge on any atom is -0.406 e. The maximum atomic E-state index is 12.2. The Balaban J connectivity index is 2.59. The number of primary amides is 1. The number of pyridine rings is 1. The molecule has 0 unspecified atom stereocenters. The van der Waals surface area contributed by atoms with Crippen LogP contribution in [-0.4, -0.2) is 16.8 Å². The maximum absolute atomic E-state index is 12.2. The summed E-state index contributed by atoms with van der Waals surface area (Å²) < 4.78 is 41.3. The molecular weight excluding hydrogens is 277 g/mol. The third-order valence-electron chi connectivity index (χ3n) is 2.51. The van der Waals surface area contributed by atoms with E-state index >= 15 is 0 Å². The number of aromatic nitrogens is 1. The highest BCUT2D eigenvalue weighted by atomic mass is 19.4. The fourth-order valence-corrected chi connectivity index (χ4v) is 1.78. The maximum Gasteiger partial charge on any atom is 0.573 e. The van der Waals surface area contributed by atoms with Gasteiger partial charge in [0.25, 0.3) is 5.56 Å². The number of carbonyl (C=O) groups excluding carboxylic acids is 1. The lowest BCUT2D eigenvalue weighted by Gasteiger charge is -2.12. The Hall–Kier alpha value is -2.51. The lowest BCUT2D eigenvalue weighted by Crippen LogP contribution is -2.27. The molecule has 2 aromatic rings. The Morgan fingerprint density at radius 2 is 1.90 bits per heavy atom. The van der Waals surface area contributed by atoms with Crippen molar-refractivity contribution in [1.82, 2.24) is 4.57 Å². The van der Waals surface area contributed by atoms with Crippen LogP contribution >= 0.6 is 0 Å². The summed E-state index contributed by atoms with van der Waals surface area (Å²) >= 11 is 0. The van der Waals surface area contributed by atoms with Gasteiger partial charge in [-0.25, -0.2) is 0 Å². The molecular formula is C12H9F3N2O3. The SMILES string of the molecule is NC(=O)Cn1c(=O)ccc2ccc(OC(F)(F)F)cc21. The highest BCUT2D eigenvalue weighted by Gasteiger charge is 2.31. The molecule has 1 aromatic carbocycles. The lowest BCUT2D eigenvalue weighted by molar-refractivity contribution is -0.274. The summed E-state index contributed by atoms with van der Waals surface area (Å²) in [6.45, 7) is -0.425. The first kappa shape index (κ1) is 13.9. The molecule has 0 spiro atoms. The highest BCUT2D eigenvalue weighted by Crippen LogP contribution is 2.25. The summed E-state index contributed by atoms with van der Waals surface area (Å²) in [6, 6.07) is 6.15. The molecule has 0 fully saturated rings. The van der Waals surface area contributed by atoms with Crippen LogP contribution in [0.25, 0.3) is 10.9 Å². The van der Waals surface area contributed by atoms with Crippen LogP contribution in [0, 0.1) is 0 Å². The van der Waals surface area contributed by atoms with Gasteiger partial charge in [0, 0.05) is 12.1 Å². The van der Waals surface area contributed by atoms with Crippen LogP contribution in [0.15, 0.2) is 35.1 Å². The van der Waals surface area contributed by atoms with Crippen LogP contribution in [0.4, 0.5) is 13.2 Å². The Morgan fingerprint density at radius 1 is 1.25 bits per heavy atom. The molecule has 0 aliphatic rings. The zero-order valence-corrected chi connectivity index (χ0v) is 9.98. The van der Waals surface area contributed by atoms with E-state index in [2.05, 4.69) is 4.74 Å². The average Bonchev–Trinajstić information content (AvgIpc) is 2.30. The zero-order chi connectivity index (χ0) is 14.9. The van der Waals surface area contributed by atoms with E-state index < -0.39 is 30.1 Å². The zero-order valence-electron chi connectivity index (χ0n) is 9.98. The summed E-state index contributed by atoms with van der Waals surface area (Å²) in [7, 11) is 0. The molecule has 1 aromatic heterocycles. The van der Waals surface area contributed by atoms with Crippen molar-refractivity contribution in [2.45, 2.75) is 12.9 Å². The Kier molecular flexibility index (Phi) is 3.39. The number of alkyl halides is 3. The topological polar surface area (TPSA) is 74.3 Å². The van der Waals surface area contributed by atoms with Gasteiger partial charge in [-0.2, -0.15) is 0 Å². The molecule has 1 amide bonds. The van der Waals surface area contributed by atoms with E-state index in [0.717, 1.165) is 16.7 Å². The van der Waals surface area contributed by atoms with Crippen molar-refractivity contribution in [1.29, 1.82) is 0 Å². The predicted molar refractivity (Wildman–Crippen MR) is 64.1 cm³/mol. The van der Waals surface area contributed by atoms with Gasteiger partial charge in [0.2, 0.25) is 5.91 Å². The number of rotatable bonds is 3. The van der Waals surface area contributed by atoms with Crippen LogP contribution in [0.2, 0.25) is 0 Å². The van der Waals surface area contributed by atoms with Gasteiger partial charge in [-0.3, -0.25) is 14.2 Å². The minimum atomic E-state index is -4.84. The van der Waals surface area contributed by atoms with Crippen molar-refractivity contribution in [3.63, 3.8) is 0 Å². The average molecular weight is 286 g/mol. The number of amides is 1. The van der Waals surface area contributed by atoms with Gasteiger partial charge in [0.05, 0.1) is 5.52 Å². The van der Waals surface area contributed by atoms with E-state index in [0.29, 0.717) is 5.39 Å². The first-order valence-corrected chi connectivity index (χ1v) is 5.44. The number of hydrogen-bond acceptors (Lipinski definition) is 3. The molecule has 0 aliphatic carbocycles. The molecule has 5 nitrogen and oxygen atoms in total. The molecule has 0 aliphatic heterocycles. The second-order valence-corrected chi connectivity index (χ2v) is 3.99. The Morgan fingerprint density at radius 3 is 2.50 bits per heavy atom. The molecule has 8 heteroatoms. The van der Waals surface area contributed by atoms with Crippen molar-refractivity contribution in [2.24, 2.45) is 5.73 Å². The molecule has 20 heavy (non-hydrogen) atoms. The van der Waals surface area contributed by atoms with Gasteiger partial charge in [0.15, 0.2) is 0 Å². The fourth-order valence-electron chi connectivity index (χ4n) is 1.78. The first-order valence-electron chi connectivity index (χ1n) is 5.44. The standard InChI is InChI=1S/C12H9F3N2O3/c13-12(14,15)20-8-3-1-7-2-4-11(19)17(6-10(16)18)9(7)5-8/h1-5H,6H2,(H2,16,18). The van der Waals surface area contributed by atoms with E-state index in [4.69, 9.17) is 5.73 Å². The lowest BCUT2D eigenvalue weighted by atomic mass is 10.2. The van der Waals surface area contributed by atoms with Crippen LogP contribution in [0.1, 0.15) is 0 Å². The van der Waals surface area contributed by atoms with Crippen LogP contribution in [0.3, 0.4) is 0 Å². The molecule has 0 saturated carbocycles. The highest BCUT2D eigenvalue weighted by molar-refractivity contribution is 5.82. The van der Waals surface area contributed by atoms with Crippen LogP contribution in [-0.2, 0) is 11.3 Å². The number of fused-ring (bicyclic) bond motifs is 1. The summed E-state index contributed by atoms with van der Waals surface area (Å²) in [4.78, 5) is 22.6.